The number of amides is 1. The first-order valence-corrected chi connectivity index (χ1v) is 12.6. The lowest BCUT2D eigenvalue weighted by molar-refractivity contribution is 0.0947. The molecular weight excluding hydrogens is 476 g/mol. The van der Waals surface area contributed by atoms with E-state index in [1.807, 2.05) is 50.2 Å². The van der Waals surface area contributed by atoms with Gasteiger partial charge in [0.25, 0.3) is 5.91 Å². The third-order valence-corrected chi connectivity index (χ3v) is 6.93. The molecule has 0 bridgehead atoms. The zero-order valence-electron chi connectivity index (χ0n) is 20.1. The number of fused-ring (bicyclic) bond motifs is 3. The smallest absolute Gasteiger partial charge is 0.268 e. The second kappa shape index (κ2) is 9.25. The molecule has 0 radical (unpaired) electrons. The highest BCUT2D eigenvalue weighted by atomic mass is 32.2. The Labute approximate surface area is 211 Å². The molecule has 0 saturated carbocycles. The van der Waals surface area contributed by atoms with Crippen molar-refractivity contribution < 1.29 is 18.5 Å². The lowest BCUT2D eigenvalue weighted by Gasteiger charge is -2.33. The van der Waals surface area contributed by atoms with Crippen LogP contribution in [-0.4, -0.2) is 27.2 Å². The standard InChI is InChI=1S/C27H26N4O4S/c1-27(2)23-22(17-5-4-6-19(13-17)36(28)33)25(31-24(23)20-11-12-29-15-21(20)35-27)26(32)30-14-16-7-9-18(34-3)10-8-16/h4-13,15,31H,14,28H2,1-3H3,(H,30,32). The summed E-state index contributed by atoms with van der Waals surface area (Å²) < 4.78 is 23.6. The molecule has 0 saturated heterocycles. The number of pyridine rings is 1. The number of benzene rings is 2. The lowest BCUT2D eigenvalue weighted by atomic mass is 9.86. The average Bonchev–Trinajstić information content (AvgIpc) is 3.30. The zero-order chi connectivity index (χ0) is 25.4. The van der Waals surface area contributed by atoms with Crippen molar-refractivity contribution in [1.29, 1.82) is 0 Å². The molecule has 3 heterocycles. The Kier molecular flexibility index (Phi) is 6.11. The summed E-state index contributed by atoms with van der Waals surface area (Å²) >= 11 is 0. The molecule has 5 rings (SSSR count). The van der Waals surface area contributed by atoms with Crippen LogP contribution in [0.5, 0.6) is 11.5 Å². The van der Waals surface area contributed by atoms with Gasteiger partial charge in [-0.3, -0.25) is 9.78 Å². The van der Waals surface area contributed by atoms with Gasteiger partial charge in [0.2, 0.25) is 0 Å². The fourth-order valence-electron chi connectivity index (χ4n) is 4.55. The van der Waals surface area contributed by atoms with Crippen LogP contribution in [0.15, 0.2) is 71.9 Å². The quantitative estimate of drug-likeness (QED) is 0.363. The van der Waals surface area contributed by atoms with E-state index in [2.05, 4.69) is 15.3 Å². The van der Waals surface area contributed by atoms with Gasteiger partial charge in [-0.1, -0.05) is 24.3 Å². The summed E-state index contributed by atoms with van der Waals surface area (Å²) in [4.78, 5) is 21.6. The Morgan fingerprint density at radius 3 is 2.69 bits per heavy atom. The second-order valence-electron chi connectivity index (χ2n) is 8.97. The topological polar surface area (TPSA) is 119 Å². The third-order valence-electron chi connectivity index (χ3n) is 6.22. The lowest BCUT2D eigenvalue weighted by Crippen LogP contribution is -2.29. The van der Waals surface area contributed by atoms with E-state index in [1.54, 1.807) is 37.7 Å². The van der Waals surface area contributed by atoms with Crippen molar-refractivity contribution in [3.8, 4) is 33.9 Å². The molecule has 9 heteroatoms. The zero-order valence-corrected chi connectivity index (χ0v) is 20.9. The molecule has 36 heavy (non-hydrogen) atoms. The van der Waals surface area contributed by atoms with Gasteiger partial charge in [-0.2, -0.15) is 0 Å². The highest BCUT2D eigenvalue weighted by Crippen LogP contribution is 2.49. The maximum atomic E-state index is 13.6. The molecule has 184 valence electrons. The van der Waals surface area contributed by atoms with Crippen LogP contribution in [0.4, 0.5) is 0 Å². The number of hydrogen-bond donors (Lipinski definition) is 3. The van der Waals surface area contributed by atoms with Crippen molar-refractivity contribution in [2.75, 3.05) is 7.11 Å². The number of nitrogens with zero attached hydrogens (tertiary/aromatic N) is 1. The normalized spacial score (nSPS) is 14.2. The fourth-order valence-corrected chi connectivity index (χ4v) is 5.00. The molecule has 0 aliphatic carbocycles. The highest BCUT2D eigenvalue weighted by Gasteiger charge is 2.39. The number of carbonyl (C=O) groups is 1. The van der Waals surface area contributed by atoms with Crippen LogP contribution >= 0.6 is 0 Å². The van der Waals surface area contributed by atoms with E-state index in [-0.39, 0.29) is 5.91 Å². The van der Waals surface area contributed by atoms with Gasteiger partial charge < -0.3 is 19.8 Å². The van der Waals surface area contributed by atoms with Crippen LogP contribution in [0.2, 0.25) is 0 Å². The molecule has 4 N–H and O–H groups in total. The summed E-state index contributed by atoms with van der Waals surface area (Å²) in [5.74, 6) is 1.10. The molecule has 2 aromatic carbocycles. The molecular formula is C27H26N4O4S. The maximum Gasteiger partial charge on any atom is 0.268 e. The number of rotatable bonds is 6. The predicted octanol–water partition coefficient (Wildman–Crippen LogP) is 4.29. The van der Waals surface area contributed by atoms with Gasteiger partial charge in [0.1, 0.15) is 33.8 Å². The number of ether oxygens (including phenoxy) is 2. The SMILES string of the molecule is COc1ccc(CNC(=O)c2[nH]c3c(c2-c2cccc(S(N)=O)c2)C(C)(C)Oc2cnccc2-3)cc1. The number of aromatic nitrogens is 2. The molecule has 8 nitrogen and oxygen atoms in total. The molecule has 1 unspecified atom stereocenters. The molecule has 0 spiro atoms. The number of methoxy groups -OCH3 is 1. The van der Waals surface area contributed by atoms with Gasteiger partial charge in [-0.15, -0.1) is 0 Å². The first-order valence-electron chi connectivity index (χ1n) is 11.4. The van der Waals surface area contributed by atoms with Crippen LogP contribution in [0.25, 0.3) is 22.4 Å². The number of carbonyl (C=O) groups excluding carboxylic acids is 1. The van der Waals surface area contributed by atoms with E-state index in [1.165, 1.54) is 0 Å². The summed E-state index contributed by atoms with van der Waals surface area (Å²) in [5, 5.41) is 8.68. The monoisotopic (exact) mass is 502 g/mol. The van der Waals surface area contributed by atoms with Crippen LogP contribution in [-0.2, 0) is 23.1 Å². The molecule has 1 amide bonds. The minimum atomic E-state index is -1.67. The molecule has 2 aromatic heterocycles. The van der Waals surface area contributed by atoms with Crippen molar-refractivity contribution in [2.45, 2.75) is 30.9 Å². The molecule has 4 aromatic rings. The van der Waals surface area contributed by atoms with Crippen molar-refractivity contribution in [3.63, 3.8) is 0 Å². The van der Waals surface area contributed by atoms with Crippen LogP contribution in [0.3, 0.4) is 0 Å². The number of H-pyrrole nitrogens is 1. The van der Waals surface area contributed by atoms with Crippen molar-refractivity contribution >= 4 is 16.9 Å². The van der Waals surface area contributed by atoms with Crippen molar-refractivity contribution in [3.05, 3.63) is 83.8 Å². The summed E-state index contributed by atoms with van der Waals surface area (Å²) in [5.41, 5.74) is 4.36. The molecule has 0 fully saturated rings. The minimum absolute atomic E-state index is 0.277. The van der Waals surface area contributed by atoms with Crippen LogP contribution in [0.1, 0.15) is 35.5 Å². The van der Waals surface area contributed by atoms with E-state index >= 15 is 0 Å². The Balaban J connectivity index is 1.63. The van der Waals surface area contributed by atoms with Gasteiger partial charge in [-0.05, 0) is 55.3 Å². The van der Waals surface area contributed by atoms with E-state index in [9.17, 15) is 9.00 Å². The first kappa shape index (κ1) is 23.8. The predicted molar refractivity (Wildman–Crippen MR) is 138 cm³/mol. The Bertz CT molecular complexity index is 1480. The number of nitrogens with two attached hydrogens (primary N) is 1. The van der Waals surface area contributed by atoms with Crippen LogP contribution in [0, 0.1) is 0 Å². The van der Waals surface area contributed by atoms with E-state index in [0.29, 0.717) is 34.0 Å². The van der Waals surface area contributed by atoms with Crippen molar-refractivity contribution in [2.24, 2.45) is 5.14 Å². The largest absolute Gasteiger partial charge is 0.497 e. The summed E-state index contributed by atoms with van der Waals surface area (Å²) in [7, 11) is -0.0560. The fraction of sp³-hybridized carbons (Fsp3) is 0.185. The van der Waals surface area contributed by atoms with E-state index in [0.717, 1.165) is 28.1 Å². The van der Waals surface area contributed by atoms with Gasteiger partial charge >= 0.3 is 0 Å². The first-order chi connectivity index (χ1) is 17.3. The highest BCUT2D eigenvalue weighted by molar-refractivity contribution is 7.82. The van der Waals surface area contributed by atoms with Gasteiger partial charge in [0.05, 0.1) is 23.9 Å². The third kappa shape index (κ3) is 4.27. The van der Waals surface area contributed by atoms with E-state index in [4.69, 9.17) is 14.6 Å². The van der Waals surface area contributed by atoms with Gasteiger partial charge in [0.15, 0.2) is 0 Å². The summed E-state index contributed by atoms with van der Waals surface area (Å²) in [6, 6.07) is 16.5. The average molecular weight is 503 g/mol. The maximum absolute atomic E-state index is 13.6. The molecule has 1 aliphatic rings. The number of nitrogens with one attached hydrogen (secondary N) is 2. The Morgan fingerprint density at radius 1 is 1.19 bits per heavy atom. The minimum Gasteiger partial charge on any atom is -0.497 e. The summed E-state index contributed by atoms with van der Waals surface area (Å²) in [6.07, 6.45) is 3.36. The van der Waals surface area contributed by atoms with Crippen molar-refractivity contribution in [1.82, 2.24) is 15.3 Å². The second-order valence-corrected chi connectivity index (χ2v) is 10.0. The van der Waals surface area contributed by atoms with Crippen LogP contribution < -0.4 is 19.9 Å². The molecule has 1 atom stereocenters. The van der Waals surface area contributed by atoms with Gasteiger partial charge in [0, 0.05) is 29.4 Å². The summed E-state index contributed by atoms with van der Waals surface area (Å²) in [6.45, 7) is 4.23. The Hall–Kier alpha value is -3.95. The number of aromatic amines is 1. The Morgan fingerprint density at radius 2 is 1.97 bits per heavy atom. The van der Waals surface area contributed by atoms with Gasteiger partial charge in [-0.25, -0.2) is 9.35 Å². The van der Waals surface area contributed by atoms with E-state index < -0.39 is 16.6 Å². The molecule has 1 aliphatic heterocycles. The number of hydrogen-bond acceptors (Lipinski definition) is 5.